The van der Waals surface area contributed by atoms with Crippen LogP contribution in [0, 0.1) is 0 Å². The second kappa shape index (κ2) is 9.07. The molecule has 0 fully saturated rings. The second-order valence-corrected chi connectivity index (χ2v) is 9.51. The quantitative estimate of drug-likeness (QED) is 0.504. The van der Waals surface area contributed by atoms with Crippen molar-refractivity contribution < 1.29 is 17.9 Å². The molecule has 1 unspecified atom stereocenters. The maximum Gasteiger partial charge on any atom is 0.338 e. The molecule has 1 heterocycles. The Morgan fingerprint density at radius 1 is 1.16 bits per heavy atom. The van der Waals surface area contributed by atoms with E-state index in [2.05, 4.69) is 10.0 Å². The molecule has 0 saturated carbocycles. The van der Waals surface area contributed by atoms with Gasteiger partial charge in [0.25, 0.3) is 10.0 Å². The topological polar surface area (TPSA) is 87.7 Å². The fraction of sp³-hybridized carbons (Fsp3) is 0.273. The van der Waals surface area contributed by atoms with Crippen molar-refractivity contribution in [1.82, 2.24) is 10.2 Å². The van der Waals surface area contributed by atoms with Crippen LogP contribution in [0.4, 0.5) is 5.69 Å². The highest BCUT2D eigenvalue weighted by Crippen LogP contribution is 2.32. The lowest BCUT2D eigenvalue weighted by molar-refractivity contribution is -0.143. The number of thiocarbonyl (C=S) groups is 1. The fourth-order valence-electron chi connectivity index (χ4n) is 3.22. The lowest BCUT2D eigenvalue weighted by atomic mass is 9.95. The SMILES string of the molecule is CC1=C(C(=O)OC(C)C)C(c2cccc(NS(=O)(=O)c3ccccc3)c2)NC(=S)N1C. The van der Waals surface area contributed by atoms with Crippen LogP contribution in [-0.4, -0.2) is 37.6 Å². The summed E-state index contributed by atoms with van der Waals surface area (Å²) in [5, 5.41) is 3.62. The van der Waals surface area contributed by atoms with E-state index < -0.39 is 22.0 Å². The number of ether oxygens (including phenoxy) is 1. The van der Waals surface area contributed by atoms with Gasteiger partial charge in [0.2, 0.25) is 0 Å². The first-order chi connectivity index (χ1) is 14.6. The highest BCUT2D eigenvalue weighted by molar-refractivity contribution is 7.92. The molecule has 1 aliphatic rings. The molecule has 0 bridgehead atoms. The van der Waals surface area contributed by atoms with E-state index in [-0.39, 0.29) is 11.0 Å². The zero-order chi connectivity index (χ0) is 22.8. The van der Waals surface area contributed by atoms with Gasteiger partial charge in [0.05, 0.1) is 22.6 Å². The summed E-state index contributed by atoms with van der Waals surface area (Å²) in [6, 6.07) is 14.4. The Bertz CT molecular complexity index is 1130. The molecule has 9 heteroatoms. The number of carbonyl (C=O) groups is 1. The van der Waals surface area contributed by atoms with Gasteiger partial charge in [-0.15, -0.1) is 0 Å². The number of carbonyl (C=O) groups excluding carboxylic acids is 1. The van der Waals surface area contributed by atoms with Gasteiger partial charge in [0.15, 0.2) is 5.11 Å². The van der Waals surface area contributed by atoms with Crippen LogP contribution in [0.2, 0.25) is 0 Å². The zero-order valence-corrected chi connectivity index (χ0v) is 19.4. The van der Waals surface area contributed by atoms with Crippen molar-refractivity contribution >= 4 is 39.0 Å². The van der Waals surface area contributed by atoms with Gasteiger partial charge in [-0.05, 0) is 62.8 Å². The zero-order valence-electron chi connectivity index (χ0n) is 17.7. The maximum absolute atomic E-state index is 12.9. The van der Waals surface area contributed by atoms with Crippen LogP contribution in [0.1, 0.15) is 32.4 Å². The Morgan fingerprint density at radius 2 is 1.84 bits per heavy atom. The first-order valence-corrected chi connectivity index (χ1v) is 11.6. The summed E-state index contributed by atoms with van der Waals surface area (Å²) in [6.45, 7) is 5.37. The minimum absolute atomic E-state index is 0.163. The first-order valence-electron chi connectivity index (χ1n) is 9.74. The van der Waals surface area contributed by atoms with Crippen LogP contribution in [-0.2, 0) is 19.6 Å². The molecule has 1 atom stereocenters. The van der Waals surface area contributed by atoms with Gasteiger partial charge in [-0.2, -0.15) is 0 Å². The van der Waals surface area contributed by atoms with Crippen LogP contribution >= 0.6 is 12.2 Å². The van der Waals surface area contributed by atoms with Gasteiger partial charge in [-0.3, -0.25) is 4.72 Å². The van der Waals surface area contributed by atoms with Crippen molar-refractivity contribution in [3.8, 4) is 0 Å². The van der Waals surface area contributed by atoms with Crippen LogP contribution in [0.25, 0.3) is 0 Å². The summed E-state index contributed by atoms with van der Waals surface area (Å²) in [6.07, 6.45) is -0.281. The van der Waals surface area contributed by atoms with Crippen molar-refractivity contribution in [3.63, 3.8) is 0 Å². The number of allylic oxidation sites excluding steroid dienone is 1. The van der Waals surface area contributed by atoms with E-state index in [1.165, 1.54) is 12.1 Å². The van der Waals surface area contributed by atoms with Crippen LogP contribution in [0.15, 0.2) is 70.8 Å². The van der Waals surface area contributed by atoms with E-state index in [0.717, 1.165) is 0 Å². The minimum Gasteiger partial charge on any atom is -0.459 e. The molecule has 2 aromatic rings. The lowest BCUT2D eigenvalue weighted by Crippen LogP contribution is -2.46. The van der Waals surface area contributed by atoms with Crippen molar-refractivity contribution in [2.75, 3.05) is 11.8 Å². The molecule has 0 amide bonds. The molecule has 3 rings (SSSR count). The van der Waals surface area contributed by atoms with E-state index >= 15 is 0 Å². The third-order valence-corrected chi connectivity index (χ3v) is 6.63. The van der Waals surface area contributed by atoms with Crippen molar-refractivity contribution in [2.24, 2.45) is 0 Å². The van der Waals surface area contributed by atoms with E-state index in [0.29, 0.717) is 27.6 Å². The summed E-state index contributed by atoms with van der Waals surface area (Å²) in [4.78, 5) is 14.7. The number of hydrogen-bond acceptors (Lipinski definition) is 5. The molecule has 0 spiro atoms. The molecule has 1 aliphatic heterocycles. The summed E-state index contributed by atoms with van der Waals surface area (Å²) in [7, 11) is -1.97. The van der Waals surface area contributed by atoms with Gasteiger partial charge in [-0.25, -0.2) is 13.2 Å². The van der Waals surface area contributed by atoms with E-state index in [1.807, 2.05) is 6.07 Å². The fourth-order valence-corrected chi connectivity index (χ4v) is 4.55. The Balaban J connectivity index is 1.98. The molecule has 31 heavy (non-hydrogen) atoms. The third kappa shape index (κ3) is 5.05. The normalized spacial score (nSPS) is 16.9. The standard InChI is InChI=1S/C22H25N3O4S2/c1-14(2)29-21(26)19-15(3)25(4)22(30)23-20(19)16-9-8-10-17(13-16)24-31(27,28)18-11-6-5-7-12-18/h5-14,20,24H,1-4H3,(H,23,30). The van der Waals surface area contributed by atoms with Crippen molar-refractivity contribution in [2.45, 2.75) is 37.8 Å². The molecule has 0 saturated heterocycles. The van der Waals surface area contributed by atoms with E-state index in [4.69, 9.17) is 17.0 Å². The maximum atomic E-state index is 12.9. The number of sulfonamides is 1. The first kappa shape index (κ1) is 22.8. The van der Waals surface area contributed by atoms with Crippen LogP contribution in [0.5, 0.6) is 0 Å². The molecule has 164 valence electrons. The smallest absolute Gasteiger partial charge is 0.338 e. The number of rotatable bonds is 6. The average Bonchev–Trinajstić information content (AvgIpc) is 2.71. The molecular weight excluding hydrogens is 434 g/mol. The highest BCUT2D eigenvalue weighted by Gasteiger charge is 2.34. The number of nitrogens with zero attached hydrogens (tertiary/aromatic N) is 1. The number of nitrogens with one attached hydrogen (secondary N) is 2. The van der Waals surface area contributed by atoms with E-state index in [1.54, 1.807) is 69.1 Å². The Labute approximate surface area is 188 Å². The number of anilines is 1. The van der Waals surface area contributed by atoms with Gasteiger partial charge in [0, 0.05) is 18.4 Å². The molecule has 7 nitrogen and oxygen atoms in total. The number of esters is 1. The monoisotopic (exact) mass is 459 g/mol. The number of benzene rings is 2. The Morgan fingerprint density at radius 3 is 2.48 bits per heavy atom. The van der Waals surface area contributed by atoms with Gasteiger partial charge in [-0.1, -0.05) is 30.3 Å². The predicted octanol–water partition coefficient (Wildman–Crippen LogP) is 3.57. The average molecular weight is 460 g/mol. The molecule has 0 aromatic heterocycles. The van der Waals surface area contributed by atoms with Crippen LogP contribution < -0.4 is 10.0 Å². The molecule has 0 aliphatic carbocycles. The minimum atomic E-state index is -3.74. The Hall–Kier alpha value is -2.91. The summed E-state index contributed by atoms with van der Waals surface area (Å²) >= 11 is 5.41. The highest BCUT2D eigenvalue weighted by atomic mass is 32.2. The molecule has 2 aromatic carbocycles. The summed E-state index contributed by atoms with van der Waals surface area (Å²) in [5.41, 5.74) is 2.16. The van der Waals surface area contributed by atoms with Crippen molar-refractivity contribution in [3.05, 3.63) is 71.4 Å². The second-order valence-electron chi connectivity index (χ2n) is 7.44. The van der Waals surface area contributed by atoms with Crippen molar-refractivity contribution in [1.29, 1.82) is 0 Å². The Kier molecular flexibility index (Phi) is 6.66. The number of hydrogen-bond donors (Lipinski definition) is 2. The lowest BCUT2D eigenvalue weighted by Gasteiger charge is -2.35. The third-order valence-electron chi connectivity index (χ3n) is 4.84. The molecular formula is C22H25N3O4S2. The summed E-state index contributed by atoms with van der Waals surface area (Å²) < 4.78 is 33.4. The predicted molar refractivity (Wildman–Crippen MR) is 124 cm³/mol. The van der Waals surface area contributed by atoms with E-state index in [9.17, 15) is 13.2 Å². The molecule has 2 N–H and O–H groups in total. The van der Waals surface area contributed by atoms with Gasteiger partial charge in [0.1, 0.15) is 0 Å². The molecule has 0 radical (unpaired) electrons. The summed E-state index contributed by atoms with van der Waals surface area (Å²) in [5.74, 6) is -0.449. The van der Waals surface area contributed by atoms with Gasteiger partial charge >= 0.3 is 5.97 Å². The van der Waals surface area contributed by atoms with Gasteiger partial charge < -0.3 is 15.0 Å². The van der Waals surface area contributed by atoms with Crippen LogP contribution in [0.3, 0.4) is 0 Å². The largest absolute Gasteiger partial charge is 0.459 e.